The molecule has 6 nitrogen and oxygen atoms in total. The highest BCUT2D eigenvalue weighted by Crippen LogP contribution is 2.28. The van der Waals surface area contributed by atoms with Crippen LogP contribution in [0.5, 0.6) is 0 Å². The predicted octanol–water partition coefficient (Wildman–Crippen LogP) is 6.40. The summed E-state index contributed by atoms with van der Waals surface area (Å²) in [6.45, 7) is 6.61. The Hall–Kier alpha value is -3.52. The van der Waals surface area contributed by atoms with Gasteiger partial charge in [0.2, 0.25) is 5.91 Å². The van der Waals surface area contributed by atoms with E-state index in [0.29, 0.717) is 18.0 Å². The quantitative estimate of drug-likeness (QED) is 0.221. The summed E-state index contributed by atoms with van der Waals surface area (Å²) in [5.74, 6) is 0.107. The summed E-state index contributed by atoms with van der Waals surface area (Å²) in [6.07, 6.45) is 3.98. The van der Waals surface area contributed by atoms with Gasteiger partial charge in [-0.05, 0) is 66.6 Å². The minimum atomic E-state index is -0.667. The summed E-state index contributed by atoms with van der Waals surface area (Å²) < 4.78 is 15.5. The summed E-state index contributed by atoms with van der Waals surface area (Å²) in [4.78, 5) is 32.3. The van der Waals surface area contributed by atoms with Crippen LogP contribution in [0.2, 0.25) is 0 Å². The number of halogens is 1. The van der Waals surface area contributed by atoms with E-state index in [4.69, 9.17) is 4.98 Å². The van der Waals surface area contributed by atoms with E-state index in [1.807, 2.05) is 25.1 Å². The molecule has 0 saturated heterocycles. The van der Waals surface area contributed by atoms with E-state index < -0.39 is 6.04 Å². The number of benzene rings is 2. The van der Waals surface area contributed by atoms with Crippen molar-refractivity contribution in [2.45, 2.75) is 71.5 Å². The van der Waals surface area contributed by atoms with Crippen LogP contribution < -0.4 is 10.6 Å². The van der Waals surface area contributed by atoms with Crippen molar-refractivity contribution in [2.75, 3.05) is 0 Å². The number of aromatic nitrogens is 2. The van der Waals surface area contributed by atoms with Gasteiger partial charge in [-0.1, -0.05) is 45.4 Å². The van der Waals surface area contributed by atoms with Crippen molar-refractivity contribution in [3.8, 4) is 0 Å². The zero-order valence-corrected chi connectivity index (χ0v) is 23.0. The summed E-state index contributed by atoms with van der Waals surface area (Å²) >= 11 is 1.72. The Balaban J connectivity index is 1.53. The van der Waals surface area contributed by atoms with Crippen molar-refractivity contribution in [2.24, 2.45) is 0 Å². The van der Waals surface area contributed by atoms with Crippen molar-refractivity contribution < 1.29 is 14.0 Å². The molecule has 0 aliphatic heterocycles. The number of amides is 2. The third kappa shape index (κ3) is 6.48. The van der Waals surface area contributed by atoms with E-state index in [0.717, 1.165) is 48.1 Å². The monoisotopic (exact) mass is 534 g/mol. The first-order valence-electron chi connectivity index (χ1n) is 13.3. The molecule has 4 aromatic rings. The van der Waals surface area contributed by atoms with Gasteiger partial charge in [-0.2, -0.15) is 0 Å². The maximum absolute atomic E-state index is 13.2. The standard InChI is InChI=1S/C30H35FN4O2S/c1-4-8-25(30(37)32-19-20-10-13-22(31)14-11-20)34-29(36)21-12-15-27-26(17-21)33-28(18-24-9-7-16-38-24)35(27)23(5-2)6-3/h7,9-17,23,25H,4-6,8,18-19H2,1-3H3,(H,32,37)(H,34,36). The van der Waals surface area contributed by atoms with Crippen molar-refractivity contribution in [3.05, 3.63) is 87.6 Å². The molecule has 200 valence electrons. The number of carbonyl (C=O) groups is 2. The van der Waals surface area contributed by atoms with Crippen LogP contribution in [0, 0.1) is 5.82 Å². The Morgan fingerprint density at radius 1 is 1.05 bits per heavy atom. The van der Waals surface area contributed by atoms with Gasteiger partial charge in [0.1, 0.15) is 17.7 Å². The fourth-order valence-electron chi connectivity index (χ4n) is 4.76. The van der Waals surface area contributed by atoms with Crippen LogP contribution in [-0.2, 0) is 17.8 Å². The highest BCUT2D eigenvalue weighted by atomic mass is 32.1. The molecule has 4 rings (SSSR count). The lowest BCUT2D eigenvalue weighted by Gasteiger charge is -2.19. The number of nitrogens with one attached hydrogen (secondary N) is 2. The van der Waals surface area contributed by atoms with Gasteiger partial charge in [0.15, 0.2) is 0 Å². The molecule has 0 saturated carbocycles. The average molecular weight is 535 g/mol. The van der Waals surface area contributed by atoms with Gasteiger partial charge in [-0.3, -0.25) is 9.59 Å². The molecule has 2 N–H and O–H groups in total. The normalized spacial score (nSPS) is 12.1. The van der Waals surface area contributed by atoms with Gasteiger partial charge in [0.05, 0.1) is 11.0 Å². The second-order valence-electron chi connectivity index (χ2n) is 9.49. The van der Waals surface area contributed by atoms with Crippen LogP contribution >= 0.6 is 11.3 Å². The molecule has 1 atom stereocenters. The zero-order chi connectivity index (χ0) is 27.1. The second-order valence-corrected chi connectivity index (χ2v) is 10.5. The number of carbonyl (C=O) groups excluding carboxylic acids is 2. The number of rotatable bonds is 12. The van der Waals surface area contributed by atoms with Gasteiger partial charge in [0, 0.05) is 29.4 Å². The van der Waals surface area contributed by atoms with Crippen molar-refractivity contribution in [1.82, 2.24) is 20.2 Å². The summed E-state index contributed by atoms with van der Waals surface area (Å²) in [5, 5.41) is 7.83. The molecule has 8 heteroatoms. The first-order valence-corrected chi connectivity index (χ1v) is 14.2. The van der Waals surface area contributed by atoms with E-state index in [1.54, 1.807) is 23.5 Å². The largest absolute Gasteiger partial charge is 0.350 e. The molecule has 1 unspecified atom stereocenters. The van der Waals surface area contributed by atoms with Crippen LogP contribution in [0.4, 0.5) is 4.39 Å². The van der Waals surface area contributed by atoms with Gasteiger partial charge in [-0.15, -0.1) is 11.3 Å². The molecular formula is C30H35FN4O2S. The SMILES string of the molecule is CCCC(NC(=O)c1ccc2c(c1)nc(Cc1cccs1)n2C(CC)CC)C(=O)NCc1ccc(F)cc1. The third-order valence-electron chi connectivity index (χ3n) is 6.82. The molecule has 0 spiro atoms. The van der Waals surface area contributed by atoms with E-state index in [2.05, 4.69) is 46.6 Å². The molecule has 0 radical (unpaired) electrons. The van der Waals surface area contributed by atoms with E-state index >= 15 is 0 Å². The smallest absolute Gasteiger partial charge is 0.252 e. The second kappa shape index (κ2) is 12.8. The lowest BCUT2D eigenvalue weighted by atomic mass is 10.1. The topological polar surface area (TPSA) is 76.0 Å². The van der Waals surface area contributed by atoms with Gasteiger partial charge >= 0.3 is 0 Å². The zero-order valence-electron chi connectivity index (χ0n) is 22.2. The fraction of sp³-hybridized carbons (Fsp3) is 0.367. The molecule has 2 amide bonds. The predicted molar refractivity (Wildman–Crippen MR) is 151 cm³/mol. The van der Waals surface area contributed by atoms with Crippen molar-refractivity contribution >= 4 is 34.2 Å². The van der Waals surface area contributed by atoms with Gasteiger partial charge in [-0.25, -0.2) is 9.37 Å². The first-order chi connectivity index (χ1) is 18.4. The first kappa shape index (κ1) is 27.5. The summed E-state index contributed by atoms with van der Waals surface area (Å²) in [5.41, 5.74) is 3.06. The molecule has 0 aliphatic rings. The third-order valence-corrected chi connectivity index (χ3v) is 7.70. The number of hydrogen-bond acceptors (Lipinski definition) is 4. The number of fused-ring (bicyclic) bond motifs is 1. The van der Waals surface area contributed by atoms with Crippen LogP contribution in [0.1, 0.15) is 79.1 Å². The van der Waals surface area contributed by atoms with Crippen molar-refractivity contribution in [3.63, 3.8) is 0 Å². The van der Waals surface area contributed by atoms with E-state index in [9.17, 15) is 14.0 Å². The lowest BCUT2D eigenvalue weighted by molar-refractivity contribution is -0.123. The highest BCUT2D eigenvalue weighted by Gasteiger charge is 2.22. The Labute approximate surface area is 227 Å². The average Bonchev–Trinajstić information content (AvgIpc) is 3.56. The Morgan fingerprint density at radius 3 is 2.47 bits per heavy atom. The number of nitrogens with zero attached hydrogens (tertiary/aromatic N) is 2. The molecular weight excluding hydrogens is 499 g/mol. The van der Waals surface area contributed by atoms with Crippen LogP contribution in [0.25, 0.3) is 11.0 Å². The number of thiophene rings is 1. The van der Waals surface area contributed by atoms with Crippen LogP contribution in [0.15, 0.2) is 60.0 Å². The van der Waals surface area contributed by atoms with Crippen LogP contribution in [0.3, 0.4) is 0 Å². The van der Waals surface area contributed by atoms with Gasteiger partial charge in [0.25, 0.3) is 5.91 Å². The minimum absolute atomic E-state index is 0.262. The Morgan fingerprint density at radius 2 is 1.82 bits per heavy atom. The summed E-state index contributed by atoms with van der Waals surface area (Å²) in [6, 6.07) is 15.4. The molecule has 0 aliphatic carbocycles. The van der Waals surface area contributed by atoms with E-state index in [-0.39, 0.29) is 24.2 Å². The highest BCUT2D eigenvalue weighted by molar-refractivity contribution is 7.09. The van der Waals surface area contributed by atoms with Crippen LogP contribution in [-0.4, -0.2) is 27.4 Å². The lowest BCUT2D eigenvalue weighted by Crippen LogP contribution is -2.46. The molecule has 0 bridgehead atoms. The maximum Gasteiger partial charge on any atom is 0.252 e. The summed E-state index contributed by atoms with van der Waals surface area (Å²) in [7, 11) is 0. The number of imidazole rings is 1. The van der Waals surface area contributed by atoms with E-state index in [1.165, 1.54) is 17.0 Å². The fourth-order valence-corrected chi connectivity index (χ4v) is 5.46. The maximum atomic E-state index is 13.2. The molecule has 0 fully saturated rings. The van der Waals surface area contributed by atoms with Gasteiger partial charge < -0.3 is 15.2 Å². The Kier molecular flexibility index (Phi) is 9.29. The minimum Gasteiger partial charge on any atom is -0.350 e. The molecule has 38 heavy (non-hydrogen) atoms. The molecule has 2 aromatic heterocycles. The van der Waals surface area contributed by atoms with Crippen molar-refractivity contribution in [1.29, 1.82) is 0 Å². The molecule has 2 heterocycles. The Bertz CT molecular complexity index is 1360. The number of hydrogen-bond donors (Lipinski definition) is 2. The molecule has 2 aromatic carbocycles.